The van der Waals surface area contributed by atoms with Gasteiger partial charge in [-0.3, -0.25) is 0 Å². The van der Waals surface area contributed by atoms with Crippen LogP contribution < -0.4 is 5.32 Å². The second kappa shape index (κ2) is 3.40. The number of halogens is 1. The fraction of sp³-hybridized carbons (Fsp3) is 1.00. The molecule has 0 aliphatic carbocycles. The van der Waals surface area contributed by atoms with Crippen LogP contribution in [0.5, 0.6) is 0 Å². The molecule has 1 fully saturated rings. The topological polar surface area (TPSA) is 32.3 Å². The van der Waals surface area contributed by atoms with Crippen LogP contribution in [0.3, 0.4) is 0 Å². The summed E-state index contributed by atoms with van der Waals surface area (Å²) < 4.78 is 0. The van der Waals surface area contributed by atoms with Gasteiger partial charge in [0, 0.05) is 6.04 Å². The van der Waals surface area contributed by atoms with Crippen molar-refractivity contribution >= 4 is 11.6 Å². The van der Waals surface area contributed by atoms with Crippen LogP contribution in [-0.2, 0) is 0 Å². The number of hydrogen-bond donors (Lipinski definition) is 2. The zero-order valence-electron chi connectivity index (χ0n) is 5.31. The molecule has 1 heterocycles. The third-order valence-electron chi connectivity index (χ3n) is 1.68. The van der Waals surface area contributed by atoms with Crippen molar-refractivity contribution in [2.75, 3.05) is 6.54 Å². The van der Waals surface area contributed by atoms with Crippen LogP contribution in [-0.4, -0.2) is 23.3 Å². The molecule has 0 bridgehead atoms. The van der Waals surface area contributed by atoms with Crippen LogP contribution in [0.15, 0.2) is 0 Å². The minimum absolute atomic E-state index is 0.125. The molecule has 3 heteroatoms. The minimum Gasteiger partial charge on any atom is -0.376 e. The maximum Gasteiger partial charge on any atom is 0.143 e. The van der Waals surface area contributed by atoms with Crippen molar-refractivity contribution < 1.29 is 5.11 Å². The fourth-order valence-electron chi connectivity index (χ4n) is 1.11. The Kier molecular flexibility index (Phi) is 2.76. The van der Waals surface area contributed by atoms with Crippen molar-refractivity contribution in [2.24, 2.45) is 0 Å². The molecule has 0 aromatic carbocycles. The Morgan fingerprint density at radius 1 is 1.56 bits per heavy atom. The predicted molar refractivity (Wildman–Crippen MR) is 37.5 cm³/mol. The number of rotatable bonds is 1. The molecule has 2 unspecified atom stereocenters. The Balaban J connectivity index is 2.23. The predicted octanol–water partition coefficient (Wildman–Crippen LogP) is 0.686. The van der Waals surface area contributed by atoms with E-state index in [1.165, 1.54) is 12.8 Å². The van der Waals surface area contributed by atoms with Crippen LogP contribution >= 0.6 is 11.6 Å². The monoisotopic (exact) mass is 149 g/mol. The SMILES string of the molecule is OC(Cl)C1CCCCN1. The molecule has 0 aromatic heterocycles. The summed E-state index contributed by atoms with van der Waals surface area (Å²) in [6.07, 6.45) is 3.40. The van der Waals surface area contributed by atoms with E-state index >= 15 is 0 Å². The highest BCUT2D eigenvalue weighted by molar-refractivity contribution is 6.19. The van der Waals surface area contributed by atoms with Gasteiger partial charge in [0.2, 0.25) is 0 Å². The van der Waals surface area contributed by atoms with Gasteiger partial charge in [0.15, 0.2) is 0 Å². The average Bonchev–Trinajstić information content (AvgIpc) is 1.90. The number of hydrogen-bond acceptors (Lipinski definition) is 2. The van der Waals surface area contributed by atoms with Gasteiger partial charge in [-0.2, -0.15) is 0 Å². The van der Waals surface area contributed by atoms with Gasteiger partial charge in [-0.15, -0.1) is 0 Å². The molecule has 0 radical (unpaired) electrons. The van der Waals surface area contributed by atoms with Crippen molar-refractivity contribution in [3.63, 3.8) is 0 Å². The normalized spacial score (nSPS) is 32.0. The van der Waals surface area contributed by atoms with Gasteiger partial charge in [-0.1, -0.05) is 18.0 Å². The van der Waals surface area contributed by atoms with E-state index in [1.807, 2.05) is 0 Å². The summed E-state index contributed by atoms with van der Waals surface area (Å²) in [5.74, 6) is 0. The Bertz CT molecular complexity index is 81.1. The summed E-state index contributed by atoms with van der Waals surface area (Å²) in [5.41, 5.74) is -0.703. The largest absolute Gasteiger partial charge is 0.376 e. The van der Waals surface area contributed by atoms with Crippen LogP contribution in [0.25, 0.3) is 0 Å². The Hall–Kier alpha value is 0.210. The van der Waals surface area contributed by atoms with Gasteiger partial charge in [-0.25, -0.2) is 0 Å². The summed E-state index contributed by atoms with van der Waals surface area (Å²) in [4.78, 5) is 0. The lowest BCUT2D eigenvalue weighted by Crippen LogP contribution is -2.40. The third kappa shape index (κ3) is 2.12. The Morgan fingerprint density at radius 3 is 2.67 bits per heavy atom. The van der Waals surface area contributed by atoms with E-state index in [0.29, 0.717) is 0 Å². The number of nitrogens with one attached hydrogen (secondary N) is 1. The van der Waals surface area contributed by atoms with Crippen molar-refractivity contribution in [3.05, 3.63) is 0 Å². The molecular formula is C6H12ClNO. The molecule has 1 aliphatic heterocycles. The molecular weight excluding hydrogens is 138 g/mol. The van der Waals surface area contributed by atoms with Gasteiger partial charge in [-0.05, 0) is 19.4 Å². The summed E-state index contributed by atoms with van der Waals surface area (Å²) in [5, 5.41) is 12.0. The highest BCUT2D eigenvalue weighted by atomic mass is 35.5. The van der Waals surface area contributed by atoms with Gasteiger partial charge in [0.1, 0.15) is 5.56 Å². The lowest BCUT2D eigenvalue weighted by molar-refractivity contribution is 0.183. The standard InChI is InChI=1S/C6H12ClNO/c7-6(9)5-3-1-2-4-8-5/h5-6,8-9H,1-4H2. The summed E-state index contributed by atoms with van der Waals surface area (Å²) in [6, 6.07) is 0.125. The second-order valence-electron chi connectivity index (χ2n) is 2.43. The fourth-order valence-corrected chi connectivity index (χ4v) is 1.33. The molecule has 1 saturated heterocycles. The van der Waals surface area contributed by atoms with E-state index in [4.69, 9.17) is 16.7 Å². The molecule has 2 N–H and O–H groups in total. The van der Waals surface area contributed by atoms with Crippen LogP contribution in [0.2, 0.25) is 0 Å². The zero-order valence-corrected chi connectivity index (χ0v) is 6.06. The molecule has 0 amide bonds. The first-order valence-corrected chi connectivity index (χ1v) is 3.80. The Morgan fingerprint density at radius 2 is 2.33 bits per heavy atom. The molecule has 2 atom stereocenters. The molecule has 0 spiro atoms. The van der Waals surface area contributed by atoms with Gasteiger partial charge >= 0.3 is 0 Å². The number of aliphatic hydroxyl groups excluding tert-OH is 1. The number of piperidine rings is 1. The first-order valence-electron chi connectivity index (χ1n) is 3.36. The summed E-state index contributed by atoms with van der Waals surface area (Å²) >= 11 is 5.45. The summed E-state index contributed by atoms with van der Waals surface area (Å²) in [7, 11) is 0. The average molecular weight is 150 g/mol. The number of alkyl halides is 1. The molecule has 2 nitrogen and oxygen atoms in total. The maximum absolute atomic E-state index is 8.88. The van der Waals surface area contributed by atoms with Crippen molar-refractivity contribution in [1.82, 2.24) is 5.32 Å². The van der Waals surface area contributed by atoms with E-state index in [2.05, 4.69) is 5.32 Å². The first-order chi connectivity index (χ1) is 4.30. The highest BCUT2D eigenvalue weighted by Crippen LogP contribution is 2.11. The van der Waals surface area contributed by atoms with E-state index in [0.717, 1.165) is 13.0 Å². The molecule has 1 aliphatic rings. The zero-order chi connectivity index (χ0) is 6.69. The molecule has 0 saturated carbocycles. The first kappa shape index (κ1) is 7.32. The highest BCUT2D eigenvalue weighted by Gasteiger charge is 2.17. The minimum atomic E-state index is -0.703. The van der Waals surface area contributed by atoms with Crippen molar-refractivity contribution in [3.8, 4) is 0 Å². The summed E-state index contributed by atoms with van der Waals surface area (Å²) in [6.45, 7) is 0.994. The van der Waals surface area contributed by atoms with E-state index in [1.54, 1.807) is 0 Å². The van der Waals surface area contributed by atoms with Gasteiger partial charge in [0.25, 0.3) is 0 Å². The van der Waals surface area contributed by atoms with E-state index < -0.39 is 5.56 Å². The lowest BCUT2D eigenvalue weighted by atomic mass is 10.1. The smallest absolute Gasteiger partial charge is 0.143 e. The van der Waals surface area contributed by atoms with Crippen LogP contribution in [0.1, 0.15) is 19.3 Å². The molecule has 9 heavy (non-hydrogen) atoms. The van der Waals surface area contributed by atoms with E-state index in [-0.39, 0.29) is 6.04 Å². The molecule has 54 valence electrons. The van der Waals surface area contributed by atoms with Crippen LogP contribution in [0, 0.1) is 0 Å². The molecule has 0 aromatic rings. The van der Waals surface area contributed by atoms with E-state index in [9.17, 15) is 0 Å². The third-order valence-corrected chi connectivity index (χ3v) is 1.98. The lowest BCUT2D eigenvalue weighted by Gasteiger charge is -2.24. The van der Waals surface area contributed by atoms with Crippen LogP contribution in [0.4, 0.5) is 0 Å². The van der Waals surface area contributed by atoms with Crippen molar-refractivity contribution in [2.45, 2.75) is 30.9 Å². The molecule has 1 rings (SSSR count). The maximum atomic E-state index is 8.88. The van der Waals surface area contributed by atoms with Gasteiger partial charge in [0.05, 0.1) is 0 Å². The Labute approximate surface area is 60.2 Å². The number of aliphatic hydroxyl groups is 1. The quantitative estimate of drug-likeness (QED) is 0.538. The van der Waals surface area contributed by atoms with Gasteiger partial charge < -0.3 is 10.4 Å². The van der Waals surface area contributed by atoms with Crippen molar-refractivity contribution in [1.29, 1.82) is 0 Å². The second-order valence-corrected chi connectivity index (χ2v) is 2.88.